The van der Waals surface area contributed by atoms with Gasteiger partial charge in [-0.3, -0.25) is 9.71 Å². The first-order chi connectivity index (χ1) is 13.3. The summed E-state index contributed by atoms with van der Waals surface area (Å²) >= 11 is 5.48. The zero-order chi connectivity index (χ0) is 20.3. The van der Waals surface area contributed by atoms with Crippen LogP contribution in [0.2, 0.25) is 0 Å². The molecule has 0 aliphatic rings. The van der Waals surface area contributed by atoms with Gasteiger partial charge in [-0.2, -0.15) is 0 Å². The van der Waals surface area contributed by atoms with Gasteiger partial charge in [-0.15, -0.1) is 0 Å². The highest BCUT2D eigenvalue weighted by atomic mass is 127. The standard InChI is InChI=1S/C19H16BrIN2O4S/c1-12-7-15(11-22-10-12)27-18-8-16(20)19(9-17(18)26-2)28(24,25)23-14-5-3-13(21)4-6-14/h3-11,23H,1-2H3. The largest absolute Gasteiger partial charge is 0.493 e. The highest BCUT2D eigenvalue weighted by Gasteiger charge is 2.22. The summed E-state index contributed by atoms with van der Waals surface area (Å²) < 4.78 is 40.8. The number of aromatic nitrogens is 1. The first-order valence-corrected chi connectivity index (χ1v) is 11.4. The Kier molecular flexibility index (Phi) is 6.46. The third-order valence-electron chi connectivity index (χ3n) is 3.68. The fraction of sp³-hybridized carbons (Fsp3) is 0.105. The second kappa shape index (κ2) is 8.66. The molecule has 9 heteroatoms. The van der Waals surface area contributed by atoms with E-state index in [1.54, 1.807) is 30.6 Å². The van der Waals surface area contributed by atoms with E-state index in [0.29, 0.717) is 21.7 Å². The number of pyridine rings is 1. The number of rotatable bonds is 6. The summed E-state index contributed by atoms with van der Waals surface area (Å²) in [6, 6.07) is 11.8. The molecule has 1 aromatic heterocycles. The summed E-state index contributed by atoms with van der Waals surface area (Å²) in [5, 5.41) is 0. The van der Waals surface area contributed by atoms with E-state index in [9.17, 15) is 8.42 Å². The van der Waals surface area contributed by atoms with Crippen molar-refractivity contribution < 1.29 is 17.9 Å². The predicted octanol–water partition coefficient (Wildman–Crippen LogP) is 5.36. The number of hydrogen-bond donors (Lipinski definition) is 1. The van der Waals surface area contributed by atoms with Gasteiger partial charge < -0.3 is 9.47 Å². The molecule has 2 aromatic carbocycles. The van der Waals surface area contributed by atoms with Crippen LogP contribution in [0.15, 0.2) is 64.2 Å². The lowest BCUT2D eigenvalue weighted by molar-refractivity contribution is 0.376. The Bertz CT molecular complexity index is 1110. The van der Waals surface area contributed by atoms with Crippen molar-refractivity contribution in [2.45, 2.75) is 11.8 Å². The van der Waals surface area contributed by atoms with E-state index in [-0.39, 0.29) is 10.6 Å². The number of halogens is 2. The maximum absolute atomic E-state index is 12.8. The molecule has 0 atom stereocenters. The van der Waals surface area contributed by atoms with E-state index >= 15 is 0 Å². The van der Waals surface area contributed by atoms with E-state index < -0.39 is 10.0 Å². The van der Waals surface area contributed by atoms with Gasteiger partial charge in [0.05, 0.1) is 13.3 Å². The summed E-state index contributed by atoms with van der Waals surface area (Å²) in [6.07, 6.45) is 3.29. The molecule has 0 radical (unpaired) electrons. The number of aryl methyl sites for hydroxylation is 1. The summed E-state index contributed by atoms with van der Waals surface area (Å²) in [6.45, 7) is 1.90. The van der Waals surface area contributed by atoms with Crippen molar-refractivity contribution in [2.24, 2.45) is 0 Å². The van der Waals surface area contributed by atoms with Crippen LogP contribution in [0.3, 0.4) is 0 Å². The first-order valence-electron chi connectivity index (χ1n) is 8.04. The van der Waals surface area contributed by atoms with Gasteiger partial charge >= 0.3 is 0 Å². The summed E-state index contributed by atoms with van der Waals surface area (Å²) in [7, 11) is -2.38. The Labute approximate surface area is 185 Å². The molecule has 1 heterocycles. The van der Waals surface area contributed by atoms with Crippen molar-refractivity contribution in [1.82, 2.24) is 4.98 Å². The highest BCUT2D eigenvalue weighted by Crippen LogP contribution is 2.38. The minimum absolute atomic E-state index is 0.0395. The zero-order valence-electron chi connectivity index (χ0n) is 14.9. The number of anilines is 1. The number of nitrogens with one attached hydrogen (secondary N) is 1. The van der Waals surface area contributed by atoms with Gasteiger partial charge in [0.2, 0.25) is 0 Å². The SMILES string of the molecule is COc1cc(S(=O)(=O)Nc2ccc(I)cc2)c(Br)cc1Oc1cncc(C)c1. The molecule has 3 aromatic rings. The number of benzene rings is 2. The van der Waals surface area contributed by atoms with Gasteiger partial charge in [0.1, 0.15) is 10.6 Å². The van der Waals surface area contributed by atoms with Crippen LogP contribution in [0, 0.1) is 10.5 Å². The van der Waals surface area contributed by atoms with Crippen molar-refractivity contribution in [3.63, 3.8) is 0 Å². The van der Waals surface area contributed by atoms with Crippen LogP contribution in [-0.2, 0) is 10.0 Å². The van der Waals surface area contributed by atoms with Crippen molar-refractivity contribution in [3.8, 4) is 17.2 Å². The van der Waals surface area contributed by atoms with Gasteiger partial charge in [-0.05, 0) is 81.3 Å². The summed E-state index contributed by atoms with van der Waals surface area (Å²) in [5.41, 5.74) is 1.41. The van der Waals surface area contributed by atoms with E-state index in [2.05, 4.69) is 48.2 Å². The third kappa shape index (κ3) is 4.95. The van der Waals surface area contributed by atoms with Crippen LogP contribution in [0.5, 0.6) is 17.2 Å². The predicted molar refractivity (Wildman–Crippen MR) is 120 cm³/mol. The van der Waals surface area contributed by atoms with Gasteiger partial charge in [0, 0.05) is 32.1 Å². The number of sulfonamides is 1. The Hall–Kier alpha value is -1.85. The Morgan fingerprint density at radius 1 is 1.07 bits per heavy atom. The maximum atomic E-state index is 12.8. The maximum Gasteiger partial charge on any atom is 0.263 e. The van der Waals surface area contributed by atoms with E-state index in [4.69, 9.17) is 9.47 Å². The van der Waals surface area contributed by atoms with Crippen molar-refractivity contribution in [2.75, 3.05) is 11.8 Å². The van der Waals surface area contributed by atoms with Gasteiger partial charge in [0.15, 0.2) is 11.5 Å². The molecule has 0 spiro atoms. The molecule has 0 amide bonds. The van der Waals surface area contributed by atoms with Crippen LogP contribution in [0.4, 0.5) is 5.69 Å². The molecule has 1 N–H and O–H groups in total. The lowest BCUT2D eigenvalue weighted by Gasteiger charge is -2.15. The molecule has 28 heavy (non-hydrogen) atoms. The number of hydrogen-bond acceptors (Lipinski definition) is 5. The van der Waals surface area contributed by atoms with Crippen molar-refractivity contribution in [1.29, 1.82) is 0 Å². The second-order valence-electron chi connectivity index (χ2n) is 5.85. The average Bonchev–Trinajstić information content (AvgIpc) is 2.63. The average molecular weight is 575 g/mol. The zero-order valence-corrected chi connectivity index (χ0v) is 19.5. The number of ether oxygens (including phenoxy) is 2. The van der Waals surface area contributed by atoms with E-state index in [0.717, 1.165) is 9.13 Å². The molecule has 6 nitrogen and oxygen atoms in total. The van der Waals surface area contributed by atoms with Gasteiger partial charge in [-0.1, -0.05) is 0 Å². The molecule has 0 saturated carbocycles. The van der Waals surface area contributed by atoms with E-state index in [1.807, 2.05) is 25.1 Å². The topological polar surface area (TPSA) is 77.5 Å². The molecule has 0 bridgehead atoms. The molecular weight excluding hydrogens is 559 g/mol. The summed E-state index contributed by atoms with van der Waals surface area (Å²) in [5.74, 6) is 1.18. The smallest absolute Gasteiger partial charge is 0.263 e. The van der Waals surface area contributed by atoms with Gasteiger partial charge in [0.25, 0.3) is 10.0 Å². The lowest BCUT2D eigenvalue weighted by atomic mass is 10.3. The van der Waals surface area contributed by atoms with Crippen LogP contribution in [0.1, 0.15) is 5.56 Å². The quantitative estimate of drug-likeness (QED) is 0.401. The fourth-order valence-electron chi connectivity index (χ4n) is 2.40. The molecule has 146 valence electrons. The van der Waals surface area contributed by atoms with Crippen molar-refractivity contribution in [3.05, 3.63) is 68.5 Å². The normalized spacial score (nSPS) is 11.1. The lowest BCUT2D eigenvalue weighted by Crippen LogP contribution is -2.14. The fourth-order valence-corrected chi connectivity index (χ4v) is 4.86. The molecule has 0 aliphatic heterocycles. The Morgan fingerprint density at radius 2 is 1.79 bits per heavy atom. The molecule has 0 saturated heterocycles. The molecular formula is C19H16BrIN2O4S. The Balaban J connectivity index is 1.94. The van der Waals surface area contributed by atoms with Gasteiger partial charge in [-0.25, -0.2) is 8.42 Å². The minimum atomic E-state index is -3.83. The molecule has 0 unspecified atom stereocenters. The summed E-state index contributed by atoms with van der Waals surface area (Å²) in [4.78, 5) is 4.12. The number of nitrogens with zero attached hydrogens (tertiary/aromatic N) is 1. The third-order valence-corrected chi connectivity index (χ3v) is 6.74. The van der Waals surface area contributed by atoms with Crippen LogP contribution in [-0.4, -0.2) is 20.5 Å². The van der Waals surface area contributed by atoms with Crippen LogP contribution in [0.25, 0.3) is 0 Å². The Morgan fingerprint density at radius 3 is 2.43 bits per heavy atom. The number of methoxy groups -OCH3 is 1. The van der Waals surface area contributed by atoms with E-state index in [1.165, 1.54) is 13.2 Å². The molecule has 0 fully saturated rings. The minimum Gasteiger partial charge on any atom is -0.493 e. The van der Waals surface area contributed by atoms with Crippen LogP contribution >= 0.6 is 38.5 Å². The van der Waals surface area contributed by atoms with Crippen molar-refractivity contribution >= 4 is 54.2 Å². The van der Waals surface area contributed by atoms with Crippen LogP contribution < -0.4 is 14.2 Å². The molecule has 0 aliphatic carbocycles. The molecule has 3 rings (SSSR count). The first kappa shape index (κ1) is 20.9. The highest BCUT2D eigenvalue weighted by molar-refractivity contribution is 14.1. The monoisotopic (exact) mass is 574 g/mol. The second-order valence-corrected chi connectivity index (χ2v) is 9.60.